The fourth-order valence-corrected chi connectivity index (χ4v) is 3.22. The summed E-state index contributed by atoms with van der Waals surface area (Å²) in [5.74, 6) is -0.329. The summed E-state index contributed by atoms with van der Waals surface area (Å²) in [5.41, 5.74) is -0.400. The molecule has 0 aliphatic heterocycles. The molecule has 1 saturated carbocycles. The molecule has 0 aromatic heterocycles. The Labute approximate surface area is 147 Å². The molecule has 0 unspecified atom stereocenters. The van der Waals surface area contributed by atoms with Crippen LogP contribution in [0, 0.1) is 5.41 Å². The van der Waals surface area contributed by atoms with Gasteiger partial charge in [0.15, 0.2) is 0 Å². The number of carbonyl (C=O) groups excluding carboxylic acids is 2. The minimum atomic E-state index is -0.918. The van der Waals surface area contributed by atoms with Gasteiger partial charge >= 0.3 is 0 Å². The van der Waals surface area contributed by atoms with E-state index in [9.17, 15) is 9.59 Å². The zero-order valence-electron chi connectivity index (χ0n) is 13.5. The van der Waals surface area contributed by atoms with Crippen molar-refractivity contribution in [2.45, 2.75) is 39.5 Å². The molecule has 4 nitrogen and oxygen atoms in total. The maximum Gasteiger partial charge on any atom is 0.240 e. The number of benzene rings is 1. The first-order valence-electron chi connectivity index (χ1n) is 8.00. The van der Waals surface area contributed by atoms with Crippen LogP contribution in [0.25, 0.3) is 0 Å². The Morgan fingerprint density at radius 2 is 1.61 bits per heavy atom. The highest BCUT2D eigenvalue weighted by Crippen LogP contribution is 2.48. The topological polar surface area (TPSA) is 49.4 Å². The molecule has 0 heterocycles. The number of nitrogens with one attached hydrogen (secondary N) is 1. The molecule has 23 heavy (non-hydrogen) atoms. The van der Waals surface area contributed by atoms with Crippen molar-refractivity contribution < 1.29 is 9.59 Å². The average Bonchev–Trinajstić information content (AvgIpc) is 3.27. The first kappa shape index (κ1) is 18.1. The van der Waals surface area contributed by atoms with E-state index < -0.39 is 5.41 Å². The highest BCUT2D eigenvalue weighted by molar-refractivity contribution is 6.35. The molecule has 0 bridgehead atoms. The van der Waals surface area contributed by atoms with Gasteiger partial charge in [-0.3, -0.25) is 9.59 Å². The summed E-state index contributed by atoms with van der Waals surface area (Å²) in [6, 6.07) is 4.85. The maximum atomic E-state index is 12.8. The van der Waals surface area contributed by atoms with Gasteiger partial charge in [0.25, 0.3) is 0 Å². The largest absolute Gasteiger partial charge is 0.342 e. The normalized spacial score (nSPS) is 15.1. The molecule has 2 amide bonds. The smallest absolute Gasteiger partial charge is 0.240 e. The van der Waals surface area contributed by atoms with Crippen LogP contribution in [-0.2, 0) is 9.59 Å². The lowest BCUT2D eigenvalue weighted by atomic mass is 10.0. The summed E-state index contributed by atoms with van der Waals surface area (Å²) in [4.78, 5) is 27.2. The summed E-state index contributed by atoms with van der Waals surface area (Å²) in [6.45, 7) is 5.43. The van der Waals surface area contributed by atoms with Crippen molar-refractivity contribution >= 4 is 40.7 Å². The fourth-order valence-electron chi connectivity index (χ4n) is 2.70. The van der Waals surface area contributed by atoms with Crippen molar-refractivity contribution in [2.75, 3.05) is 18.4 Å². The van der Waals surface area contributed by atoms with Gasteiger partial charge in [-0.25, -0.2) is 0 Å². The Morgan fingerprint density at radius 3 is 2.04 bits per heavy atom. The van der Waals surface area contributed by atoms with Crippen molar-refractivity contribution in [3.8, 4) is 0 Å². The van der Waals surface area contributed by atoms with E-state index in [1.807, 2.05) is 13.8 Å². The molecule has 1 aromatic rings. The fraction of sp³-hybridized carbons (Fsp3) is 0.529. The molecule has 0 spiro atoms. The molecule has 0 radical (unpaired) electrons. The summed E-state index contributed by atoms with van der Waals surface area (Å²) < 4.78 is 0. The van der Waals surface area contributed by atoms with E-state index >= 15 is 0 Å². The van der Waals surface area contributed by atoms with Crippen molar-refractivity contribution in [3.05, 3.63) is 28.2 Å². The Morgan fingerprint density at radius 1 is 1.09 bits per heavy atom. The Balaban J connectivity index is 2.12. The first-order valence-corrected chi connectivity index (χ1v) is 8.75. The van der Waals surface area contributed by atoms with Gasteiger partial charge in [-0.2, -0.15) is 0 Å². The highest BCUT2D eigenvalue weighted by atomic mass is 35.5. The SMILES string of the molecule is CCCN(CCC)C(=O)C1(C(=O)Nc2cc(Cl)cc(Cl)c2)CC1. The molecule has 1 fully saturated rings. The third-order valence-corrected chi connectivity index (χ3v) is 4.43. The molecular formula is C17H22Cl2N2O2. The van der Waals surface area contributed by atoms with Gasteiger partial charge in [0.2, 0.25) is 11.8 Å². The third-order valence-electron chi connectivity index (χ3n) is 3.99. The number of hydrogen-bond acceptors (Lipinski definition) is 2. The monoisotopic (exact) mass is 356 g/mol. The third kappa shape index (κ3) is 4.18. The molecule has 126 valence electrons. The van der Waals surface area contributed by atoms with Crippen LogP contribution < -0.4 is 5.32 Å². The Bertz CT molecular complexity index is 574. The molecule has 0 saturated heterocycles. The Hall–Kier alpha value is -1.26. The van der Waals surface area contributed by atoms with Crippen LogP contribution in [0.1, 0.15) is 39.5 Å². The van der Waals surface area contributed by atoms with Crippen molar-refractivity contribution in [1.82, 2.24) is 4.90 Å². The van der Waals surface area contributed by atoms with Crippen molar-refractivity contribution in [2.24, 2.45) is 5.41 Å². The summed E-state index contributed by atoms with van der Waals surface area (Å²) in [5, 5.41) is 3.68. The predicted octanol–water partition coefficient (Wildman–Crippen LogP) is 4.36. The number of hydrogen-bond donors (Lipinski definition) is 1. The summed E-state index contributed by atoms with van der Waals surface area (Å²) >= 11 is 11.9. The van der Waals surface area contributed by atoms with Crippen LogP contribution in [0.3, 0.4) is 0 Å². The standard InChI is InChI=1S/C17H22Cl2N2O2/c1-3-7-21(8-4-2)16(23)17(5-6-17)15(22)20-14-10-12(18)9-13(19)11-14/h9-11H,3-8H2,1-2H3,(H,20,22). The number of carbonyl (C=O) groups is 2. The first-order chi connectivity index (χ1) is 10.9. The van der Waals surface area contributed by atoms with E-state index in [0.29, 0.717) is 41.7 Å². The molecule has 1 aliphatic carbocycles. The van der Waals surface area contributed by atoms with Gasteiger partial charge in [-0.1, -0.05) is 37.0 Å². The van der Waals surface area contributed by atoms with Crippen molar-refractivity contribution in [3.63, 3.8) is 0 Å². The molecule has 1 aromatic carbocycles. The molecule has 1 aliphatic rings. The van der Waals surface area contributed by atoms with Gasteiger partial charge in [0.1, 0.15) is 5.41 Å². The lowest BCUT2D eigenvalue weighted by Gasteiger charge is -2.26. The van der Waals surface area contributed by atoms with E-state index in [-0.39, 0.29) is 11.8 Å². The minimum absolute atomic E-state index is 0.0631. The minimum Gasteiger partial charge on any atom is -0.342 e. The van der Waals surface area contributed by atoms with E-state index in [0.717, 1.165) is 12.8 Å². The summed E-state index contributed by atoms with van der Waals surface area (Å²) in [6.07, 6.45) is 2.95. The quantitative estimate of drug-likeness (QED) is 0.737. The molecule has 6 heteroatoms. The zero-order chi connectivity index (χ0) is 17.0. The van der Waals surface area contributed by atoms with Gasteiger partial charge in [-0.15, -0.1) is 0 Å². The maximum absolute atomic E-state index is 12.8. The van der Waals surface area contributed by atoms with Crippen LogP contribution in [0.4, 0.5) is 5.69 Å². The lowest BCUT2D eigenvalue weighted by Crippen LogP contribution is -2.43. The number of amides is 2. The van der Waals surface area contributed by atoms with E-state index in [4.69, 9.17) is 23.2 Å². The molecule has 2 rings (SSSR count). The highest BCUT2D eigenvalue weighted by Gasteiger charge is 2.57. The second-order valence-electron chi connectivity index (χ2n) is 5.99. The van der Waals surface area contributed by atoms with E-state index in [1.54, 1.807) is 23.1 Å². The zero-order valence-corrected chi connectivity index (χ0v) is 15.0. The number of halogens is 2. The Kier molecular flexibility index (Phi) is 5.93. The molecule has 1 N–H and O–H groups in total. The van der Waals surface area contributed by atoms with Crippen LogP contribution in [-0.4, -0.2) is 29.8 Å². The van der Waals surface area contributed by atoms with Gasteiger partial charge < -0.3 is 10.2 Å². The van der Waals surface area contributed by atoms with Crippen LogP contribution in [0.5, 0.6) is 0 Å². The summed E-state index contributed by atoms with van der Waals surface area (Å²) in [7, 11) is 0. The predicted molar refractivity (Wildman–Crippen MR) is 93.9 cm³/mol. The second kappa shape index (κ2) is 7.54. The van der Waals surface area contributed by atoms with Crippen LogP contribution in [0.15, 0.2) is 18.2 Å². The average molecular weight is 357 g/mol. The number of nitrogens with zero attached hydrogens (tertiary/aromatic N) is 1. The molecule has 0 atom stereocenters. The van der Waals surface area contributed by atoms with E-state index in [1.165, 1.54) is 0 Å². The van der Waals surface area contributed by atoms with Crippen molar-refractivity contribution in [1.29, 1.82) is 0 Å². The van der Waals surface area contributed by atoms with Crippen LogP contribution in [0.2, 0.25) is 10.0 Å². The number of anilines is 1. The van der Waals surface area contributed by atoms with Gasteiger partial charge in [0, 0.05) is 28.8 Å². The van der Waals surface area contributed by atoms with Gasteiger partial charge in [0.05, 0.1) is 0 Å². The van der Waals surface area contributed by atoms with Crippen LogP contribution >= 0.6 is 23.2 Å². The van der Waals surface area contributed by atoms with E-state index in [2.05, 4.69) is 5.32 Å². The van der Waals surface area contributed by atoms with Gasteiger partial charge in [-0.05, 0) is 43.9 Å². The lowest BCUT2D eigenvalue weighted by molar-refractivity contribution is -0.142. The second-order valence-corrected chi connectivity index (χ2v) is 6.86. The number of rotatable bonds is 7. The molecular weight excluding hydrogens is 335 g/mol.